The first-order chi connectivity index (χ1) is 15.2. The molecule has 170 valence electrons. The number of benzene rings is 1. The van der Waals surface area contributed by atoms with E-state index in [4.69, 9.17) is 4.74 Å². The summed E-state index contributed by atoms with van der Waals surface area (Å²) < 4.78 is 37.6. The molecular formula is C19H19F2N5O6. The number of anilines is 1. The zero-order valence-corrected chi connectivity index (χ0v) is 17.1. The first-order valence-electron chi connectivity index (χ1n) is 9.29. The fourth-order valence-corrected chi connectivity index (χ4v) is 2.95. The molecule has 0 bridgehead atoms. The molecule has 0 spiro atoms. The van der Waals surface area contributed by atoms with Crippen LogP contribution >= 0.6 is 0 Å². The van der Waals surface area contributed by atoms with Gasteiger partial charge in [-0.1, -0.05) is 12.1 Å². The first kappa shape index (κ1) is 22.7. The molecule has 0 saturated heterocycles. The van der Waals surface area contributed by atoms with Crippen LogP contribution in [0.25, 0.3) is 11.2 Å². The maximum atomic E-state index is 12.4. The van der Waals surface area contributed by atoms with Crippen molar-refractivity contribution in [1.82, 2.24) is 18.7 Å². The van der Waals surface area contributed by atoms with Crippen LogP contribution in [0.5, 0.6) is 5.75 Å². The van der Waals surface area contributed by atoms with E-state index in [1.165, 1.54) is 53.8 Å². The predicted molar refractivity (Wildman–Crippen MR) is 107 cm³/mol. The van der Waals surface area contributed by atoms with Crippen LogP contribution in [0.4, 0.5) is 14.5 Å². The molecule has 0 aliphatic rings. The third-order valence-corrected chi connectivity index (χ3v) is 4.52. The maximum absolute atomic E-state index is 12.4. The Morgan fingerprint density at radius 3 is 2.59 bits per heavy atom. The summed E-state index contributed by atoms with van der Waals surface area (Å²) in [5.41, 5.74) is -0.761. The molecule has 11 nitrogen and oxygen atoms in total. The number of fused-ring (bicyclic) bond motifs is 1. The number of imidazole rings is 1. The van der Waals surface area contributed by atoms with E-state index in [2.05, 4.69) is 15.0 Å². The molecule has 1 aromatic carbocycles. The topological polar surface area (TPSA) is 126 Å². The minimum Gasteiger partial charge on any atom is -0.456 e. The van der Waals surface area contributed by atoms with Crippen LogP contribution in [0.2, 0.25) is 0 Å². The van der Waals surface area contributed by atoms with Gasteiger partial charge in [0.05, 0.1) is 18.4 Å². The highest BCUT2D eigenvalue weighted by Gasteiger charge is 2.16. The summed E-state index contributed by atoms with van der Waals surface area (Å²) in [6.45, 7) is -3.69. The van der Waals surface area contributed by atoms with E-state index in [1.54, 1.807) is 0 Å². The third kappa shape index (κ3) is 4.82. The summed E-state index contributed by atoms with van der Waals surface area (Å²) >= 11 is 0. The second kappa shape index (κ2) is 9.41. The van der Waals surface area contributed by atoms with Crippen LogP contribution in [0.1, 0.15) is 6.42 Å². The lowest BCUT2D eigenvalue weighted by Crippen LogP contribution is -2.37. The van der Waals surface area contributed by atoms with Crippen molar-refractivity contribution in [2.75, 3.05) is 11.9 Å². The van der Waals surface area contributed by atoms with Crippen LogP contribution < -0.4 is 21.3 Å². The molecule has 1 amide bonds. The highest BCUT2D eigenvalue weighted by molar-refractivity contribution is 5.94. The number of esters is 1. The molecule has 3 rings (SSSR count). The minimum absolute atomic E-state index is 0.000177. The number of nitrogens with zero attached hydrogens (tertiary/aromatic N) is 4. The highest BCUT2D eigenvalue weighted by atomic mass is 19.3. The number of ether oxygens (including phenoxy) is 2. The quantitative estimate of drug-likeness (QED) is 0.497. The summed E-state index contributed by atoms with van der Waals surface area (Å²) in [7, 11) is 2.80. The highest BCUT2D eigenvalue weighted by Crippen LogP contribution is 2.25. The Bertz CT molecular complexity index is 1280. The Kier molecular flexibility index (Phi) is 6.66. The molecule has 2 heterocycles. The van der Waals surface area contributed by atoms with Gasteiger partial charge >= 0.3 is 18.3 Å². The van der Waals surface area contributed by atoms with Gasteiger partial charge in [-0.2, -0.15) is 8.78 Å². The largest absolute Gasteiger partial charge is 0.456 e. The molecule has 13 heteroatoms. The Hall–Kier alpha value is -4.03. The lowest BCUT2D eigenvalue weighted by Gasteiger charge is -2.12. The second-order valence-electron chi connectivity index (χ2n) is 6.65. The fourth-order valence-electron chi connectivity index (χ4n) is 2.95. The van der Waals surface area contributed by atoms with Crippen LogP contribution in [-0.2, 0) is 35.0 Å². The fraction of sp³-hybridized carbons (Fsp3) is 0.316. The van der Waals surface area contributed by atoms with Gasteiger partial charge in [0, 0.05) is 20.6 Å². The van der Waals surface area contributed by atoms with E-state index < -0.39 is 36.3 Å². The Balaban J connectivity index is 1.58. The number of carbonyl (C=O) groups excluding carboxylic acids is 2. The van der Waals surface area contributed by atoms with E-state index in [0.29, 0.717) is 0 Å². The van der Waals surface area contributed by atoms with E-state index >= 15 is 0 Å². The zero-order chi connectivity index (χ0) is 23.4. The Labute approximate surface area is 178 Å². The number of aromatic nitrogens is 4. The number of halogens is 2. The molecular weight excluding hydrogens is 432 g/mol. The molecule has 0 atom stereocenters. The van der Waals surface area contributed by atoms with Gasteiger partial charge in [0.15, 0.2) is 17.8 Å². The molecule has 0 radical (unpaired) electrons. The van der Waals surface area contributed by atoms with Crippen molar-refractivity contribution >= 4 is 28.7 Å². The predicted octanol–water partition coefficient (Wildman–Crippen LogP) is 0.607. The van der Waals surface area contributed by atoms with Crippen molar-refractivity contribution in [3.05, 3.63) is 51.4 Å². The van der Waals surface area contributed by atoms with Gasteiger partial charge in [0.1, 0.15) is 5.75 Å². The van der Waals surface area contributed by atoms with Gasteiger partial charge in [-0.25, -0.2) is 9.78 Å². The van der Waals surface area contributed by atoms with Crippen molar-refractivity contribution < 1.29 is 27.8 Å². The normalized spacial score (nSPS) is 11.0. The number of amides is 1. The van der Waals surface area contributed by atoms with Crippen molar-refractivity contribution in [3.63, 3.8) is 0 Å². The van der Waals surface area contributed by atoms with E-state index in [0.717, 1.165) is 4.57 Å². The van der Waals surface area contributed by atoms with E-state index in [1.807, 2.05) is 0 Å². The van der Waals surface area contributed by atoms with E-state index in [-0.39, 0.29) is 35.6 Å². The zero-order valence-electron chi connectivity index (χ0n) is 17.1. The molecule has 0 aliphatic carbocycles. The Morgan fingerprint density at radius 2 is 1.88 bits per heavy atom. The van der Waals surface area contributed by atoms with Crippen LogP contribution in [-0.4, -0.2) is 43.8 Å². The molecule has 32 heavy (non-hydrogen) atoms. The van der Waals surface area contributed by atoms with Gasteiger partial charge in [-0.05, 0) is 12.1 Å². The molecule has 2 aromatic heterocycles. The number of alkyl halides is 2. The average molecular weight is 451 g/mol. The van der Waals surface area contributed by atoms with Crippen molar-refractivity contribution in [2.24, 2.45) is 14.1 Å². The van der Waals surface area contributed by atoms with E-state index in [9.17, 15) is 28.0 Å². The monoisotopic (exact) mass is 451 g/mol. The number of hydrogen-bond donors (Lipinski definition) is 1. The van der Waals surface area contributed by atoms with Gasteiger partial charge in [0.2, 0.25) is 0 Å². The molecule has 0 unspecified atom stereocenters. The number of hydrogen-bond acceptors (Lipinski definition) is 7. The maximum Gasteiger partial charge on any atom is 0.387 e. The number of para-hydroxylation sites is 2. The average Bonchev–Trinajstić information content (AvgIpc) is 3.18. The van der Waals surface area contributed by atoms with Gasteiger partial charge in [-0.15, -0.1) is 0 Å². The smallest absolute Gasteiger partial charge is 0.387 e. The van der Waals surface area contributed by atoms with Gasteiger partial charge in [0.25, 0.3) is 11.5 Å². The molecule has 0 fully saturated rings. The van der Waals surface area contributed by atoms with Crippen molar-refractivity contribution in [3.8, 4) is 5.75 Å². The van der Waals surface area contributed by atoms with Gasteiger partial charge < -0.3 is 19.4 Å². The van der Waals surface area contributed by atoms with Crippen molar-refractivity contribution in [2.45, 2.75) is 19.6 Å². The number of carbonyl (C=O) groups is 2. The van der Waals surface area contributed by atoms with Crippen LogP contribution in [0, 0.1) is 0 Å². The Morgan fingerprint density at radius 1 is 1.16 bits per heavy atom. The second-order valence-corrected chi connectivity index (χ2v) is 6.65. The SMILES string of the molecule is Cn1c(=O)c2c(ncn2CCC(=O)OCC(=O)Nc2ccccc2OC(F)F)n(C)c1=O. The van der Waals surface area contributed by atoms with Gasteiger partial charge in [-0.3, -0.25) is 23.5 Å². The van der Waals surface area contributed by atoms with Crippen LogP contribution in [0.3, 0.4) is 0 Å². The molecule has 0 saturated carbocycles. The summed E-state index contributed by atoms with van der Waals surface area (Å²) in [6, 6.07) is 5.58. The summed E-state index contributed by atoms with van der Waals surface area (Å²) in [5, 5.41) is 2.32. The van der Waals surface area contributed by atoms with Crippen molar-refractivity contribution in [1.29, 1.82) is 0 Å². The number of nitrogens with one attached hydrogen (secondary N) is 1. The molecule has 0 aliphatic heterocycles. The first-order valence-corrected chi connectivity index (χ1v) is 9.29. The third-order valence-electron chi connectivity index (χ3n) is 4.52. The lowest BCUT2D eigenvalue weighted by atomic mass is 10.3. The minimum atomic E-state index is -3.07. The number of rotatable bonds is 8. The number of aryl methyl sites for hydroxylation is 2. The standard InChI is InChI=1S/C19H19F2N5O6/c1-24-16-15(17(29)25(2)19(24)30)26(10-22-16)8-7-14(28)31-9-13(27)23-11-5-3-4-6-12(11)32-18(20)21/h3-6,10,18H,7-9H2,1-2H3,(H,23,27). The van der Waals surface area contributed by atoms with Crippen LogP contribution in [0.15, 0.2) is 40.2 Å². The summed E-state index contributed by atoms with van der Waals surface area (Å²) in [4.78, 5) is 52.4. The summed E-state index contributed by atoms with van der Waals surface area (Å²) in [6.07, 6.45) is 1.14. The summed E-state index contributed by atoms with van der Waals surface area (Å²) in [5.74, 6) is -1.72. The molecule has 3 aromatic rings. The lowest BCUT2D eigenvalue weighted by molar-refractivity contribution is -0.147. The molecule has 1 N–H and O–H groups in total.